The van der Waals surface area contributed by atoms with Gasteiger partial charge in [0.15, 0.2) is 0 Å². The summed E-state index contributed by atoms with van der Waals surface area (Å²) in [6.45, 7) is 1.99. The van der Waals surface area contributed by atoms with Crippen LogP contribution in [0.3, 0.4) is 0 Å². The molecule has 2 aromatic rings. The predicted octanol–water partition coefficient (Wildman–Crippen LogP) is 2.09. The second-order valence-electron chi connectivity index (χ2n) is 6.49. The maximum Gasteiger partial charge on any atom is 0.257 e. The summed E-state index contributed by atoms with van der Waals surface area (Å²) in [7, 11) is 0. The van der Waals surface area contributed by atoms with Crippen LogP contribution in [0.1, 0.15) is 19.3 Å². The van der Waals surface area contributed by atoms with Gasteiger partial charge in [0.2, 0.25) is 0 Å². The Balaban J connectivity index is 1.70. The largest absolute Gasteiger partial charge is 0.357 e. The van der Waals surface area contributed by atoms with E-state index >= 15 is 0 Å². The van der Waals surface area contributed by atoms with Crippen LogP contribution >= 0.6 is 0 Å². The van der Waals surface area contributed by atoms with E-state index in [1.807, 2.05) is 24.3 Å². The first-order valence-corrected chi connectivity index (χ1v) is 7.85. The standard InChI is InChI=1S/C17H21N3O/c18-15-7-3-5-12-9-20(10-14(12)15)16-8-11-4-1-2-6-13(11)17(21)19-16/h1-2,4,6,8,12,14-15H,3,5,7,9-10,18H2,(H,19,21). The average Bonchev–Trinajstić information content (AvgIpc) is 2.93. The fraction of sp³-hybridized carbons (Fsp3) is 0.471. The molecule has 1 saturated carbocycles. The lowest BCUT2D eigenvalue weighted by Gasteiger charge is -2.29. The number of aromatic amines is 1. The van der Waals surface area contributed by atoms with Gasteiger partial charge in [-0.2, -0.15) is 0 Å². The molecule has 2 heterocycles. The summed E-state index contributed by atoms with van der Waals surface area (Å²) >= 11 is 0. The second kappa shape index (κ2) is 4.88. The molecule has 3 N–H and O–H groups in total. The van der Waals surface area contributed by atoms with Crippen LogP contribution in [0.4, 0.5) is 5.82 Å². The molecule has 1 aliphatic carbocycles. The van der Waals surface area contributed by atoms with Crippen molar-refractivity contribution >= 4 is 16.6 Å². The summed E-state index contributed by atoms with van der Waals surface area (Å²) in [5.74, 6) is 2.21. The highest BCUT2D eigenvalue weighted by molar-refractivity contribution is 5.83. The van der Waals surface area contributed by atoms with E-state index in [4.69, 9.17) is 5.73 Å². The normalized spacial score (nSPS) is 28.8. The lowest BCUT2D eigenvalue weighted by Crippen LogP contribution is -2.38. The Labute approximate surface area is 124 Å². The highest BCUT2D eigenvalue weighted by Crippen LogP contribution is 2.37. The third-order valence-corrected chi connectivity index (χ3v) is 5.23. The average molecular weight is 283 g/mol. The van der Waals surface area contributed by atoms with Crippen LogP contribution in [0, 0.1) is 11.8 Å². The molecule has 110 valence electrons. The highest BCUT2D eigenvalue weighted by Gasteiger charge is 2.39. The Hall–Kier alpha value is -1.81. The van der Waals surface area contributed by atoms with E-state index in [2.05, 4.69) is 16.0 Å². The van der Waals surface area contributed by atoms with E-state index in [9.17, 15) is 4.79 Å². The van der Waals surface area contributed by atoms with Gasteiger partial charge < -0.3 is 15.6 Å². The van der Waals surface area contributed by atoms with Crippen molar-refractivity contribution in [2.24, 2.45) is 17.6 Å². The Bertz CT molecular complexity index is 723. The lowest BCUT2D eigenvalue weighted by atomic mass is 9.78. The van der Waals surface area contributed by atoms with E-state index in [1.165, 1.54) is 12.8 Å². The molecule has 1 aromatic heterocycles. The Morgan fingerprint density at radius 3 is 2.90 bits per heavy atom. The van der Waals surface area contributed by atoms with E-state index in [0.717, 1.165) is 36.1 Å². The zero-order chi connectivity index (χ0) is 14.4. The summed E-state index contributed by atoms with van der Waals surface area (Å²) < 4.78 is 0. The number of pyridine rings is 1. The van der Waals surface area contributed by atoms with Gasteiger partial charge in [0, 0.05) is 24.5 Å². The molecule has 4 rings (SSSR count). The Kier molecular flexibility index (Phi) is 3.00. The third kappa shape index (κ3) is 2.14. The van der Waals surface area contributed by atoms with E-state index in [0.29, 0.717) is 17.9 Å². The molecule has 1 aromatic carbocycles. The van der Waals surface area contributed by atoms with Crippen molar-refractivity contribution in [2.45, 2.75) is 25.3 Å². The van der Waals surface area contributed by atoms with Crippen molar-refractivity contribution in [1.82, 2.24) is 4.98 Å². The molecule has 1 aliphatic heterocycles. The molecule has 2 aliphatic rings. The van der Waals surface area contributed by atoms with Crippen LogP contribution in [0.25, 0.3) is 10.8 Å². The second-order valence-corrected chi connectivity index (χ2v) is 6.49. The van der Waals surface area contributed by atoms with Crippen LogP contribution in [0.5, 0.6) is 0 Å². The molecular formula is C17H21N3O. The lowest BCUT2D eigenvalue weighted by molar-refractivity contribution is 0.260. The first kappa shape index (κ1) is 12.9. The number of hydrogen-bond donors (Lipinski definition) is 2. The summed E-state index contributed by atoms with van der Waals surface area (Å²) in [4.78, 5) is 17.6. The number of benzene rings is 1. The van der Waals surface area contributed by atoms with Crippen molar-refractivity contribution < 1.29 is 0 Å². The molecule has 2 fully saturated rings. The third-order valence-electron chi connectivity index (χ3n) is 5.23. The molecule has 0 bridgehead atoms. The van der Waals surface area contributed by atoms with Crippen LogP contribution in [0.2, 0.25) is 0 Å². The maximum absolute atomic E-state index is 12.2. The van der Waals surface area contributed by atoms with Crippen LogP contribution in [-0.2, 0) is 0 Å². The van der Waals surface area contributed by atoms with Crippen LogP contribution in [-0.4, -0.2) is 24.1 Å². The number of fused-ring (bicyclic) bond motifs is 2. The van der Waals surface area contributed by atoms with Gasteiger partial charge in [0.1, 0.15) is 5.82 Å². The van der Waals surface area contributed by atoms with Gasteiger partial charge in [-0.25, -0.2) is 0 Å². The van der Waals surface area contributed by atoms with Crippen molar-refractivity contribution in [3.63, 3.8) is 0 Å². The van der Waals surface area contributed by atoms with Crippen molar-refractivity contribution in [3.05, 3.63) is 40.7 Å². The smallest absolute Gasteiger partial charge is 0.257 e. The first-order valence-electron chi connectivity index (χ1n) is 7.85. The Morgan fingerprint density at radius 2 is 2.05 bits per heavy atom. The zero-order valence-electron chi connectivity index (χ0n) is 12.1. The molecule has 0 radical (unpaired) electrons. The van der Waals surface area contributed by atoms with Crippen LogP contribution in [0.15, 0.2) is 35.1 Å². The minimum absolute atomic E-state index is 0.00210. The van der Waals surface area contributed by atoms with E-state index < -0.39 is 0 Å². The highest BCUT2D eigenvalue weighted by atomic mass is 16.1. The van der Waals surface area contributed by atoms with Gasteiger partial charge in [-0.3, -0.25) is 4.79 Å². The van der Waals surface area contributed by atoms with Gasteiger partial charge in [0.05, 0.1) is 0 Å². The maximum atomic E-state index is 12.2. The number of anilines is 1. The molecule has 3 atom stereocenters. The summed E-state index contributed by atoms with van der Waals surface area (Å²) in [5.41, 5.74) is 6.28. The summed E-state index contributed by atoms with van der Waals surface area (Å²) in [6, 6.07) is 10.2. The summed E-state index contributed by atoms with van der Waals surface area (Å²) in [6.07, 6.45) is 3.65. The van der Waals surface area contributed by atoms with Gasteiger partial charge in [-0.1, -0.05) is 24.6 Å². The van der Waals surface area contributed by atoms with Gasteiger partial charge in [-0.05, 0) is 42.2 Å². The summed E-state index contributed by atoms with van der Waals surface area (Å²) in [5, 5.41) is 1.77. The molecular weight excluding hydrogens is 262 g/mol. The quantitative estimate of drug-likeness (QED) is 0.842. The monoisotopic (exact) mass is 283 g/mol. The van der Waals surface area contributed by atoms with Crippen molar-refractivity contribution in [2.75, 3.05) is 18.0 Å². The topological polar surface area (TPSA) is 62.1 Å². The van der Waals surface area contributed by atoms with Gasteiger partial charge >= 0.3 is 0 Å². The number of nitrogens with zero attached hydrogens (tertiary/aromatic N) is 1. The molecule has 4 nitrogen and oxygen atoms in total. The predicted molar refractivity (Wildman–Crippen MR) is 85.6 cm³/mol. The fourth-order valence-corrected chi connectivity index (χ4v) is 4.08. The number of rotatable bonds is 1. The molecule has 0 amide bonds. The zero-order valence-corrected chi connectivity index (χ0v) is 12.1. The fourth-order valence-electron chi connectivity index (χ4n) is 4.08. The van der Waals surface area contributed by atoms with Gasteiger partial charge in [0.25, 0.3) is 5.56 Å². The van der Waals surface area contributed by atoms with Crippen molar-refractivity contribution in [1.29, 1.82) is 0 Å². The molecule has 1 saturated heterocycles. The molecule has 3 unspecified atom stereocenters. The van der Waals surface area contributed by atoms with Crippen LogP contribution < -0.4 is 16.2 Å². The minimum atomic E-state index is 0.00210. The van der Waals surface area contributed by atoms with E-state index in [-0.39, 0.29) is 5.56 Å². The number of nitrogens with two attached hydrogens (primary N) is 1. The Morgan fingerprint density at radius 1 is 1.19 bits per heavy atom. The number of hydrogen-bond acceptors (Lipinski definition) is 3. The number of nitrogens with one attached hydrogen (secondary N) is 1. The molecule has 21 heavy (non-hydrogen) atoms. The number of H-pyrrole nitrogens is 1. The van der Waals surface area contributed by atoms with Gasteiger partial charge in [-0.15, -0.1) is 0 Å². The minimum Gasteiger partial charge on any atom is -0.357 e. The van der Waals surface area contributed by atoms with Crippen molar-refractivity contribution in [3.8, 4) is 0 Å². The SMILES string of the molecule is NC1CCCC2CN(c3cc4ccccc4c(=O)[nH]3)CC12. The molecule has 0 spiro atoms. The first-order chi connectivity index (χ1) is 10.2. The van der Waals surface area contributed by atoms with E-state index in [1.54, 1.807) is 0 Å². The number of aromatic nitrogens is 1. The molecule has 4 heteroatoms.